The van der Waals surface area contributed by atoms with E-state index < -0.39 is 23.4 Å². The molecule has 0 unspecified atom stereocenters. The smallest absolute Gasteiger partial charge is 0.322 e. The molecule has 1 atom stereocenters. The summed E-state index contributed by atoms with van der Waals surface area (Å²) in [6, 6.07) is -0.664. The van der Waals surface area contributed by atoms with Crippen LogP contribution in [0.4, 0.5) is 0 Å². The molecule has 15 heavy (non-hydrogen) atoms. The Kier molecular flexibility index (Phi) is 7.35. The molecule has 0 rings (SSSR count). The standard InChI is InChI=1S/C9H17NO4.ClH/c1-6(10)7(11)14-5-4-9(2,3)8(12)13;/h6H,4-5,10H2,1-3H3,(H,12,13);1H/t6-;/m0./s1. The molecule has 0 bridgehead atoms. The van der Waals surface area contributed by atoms with E-state index in [1.807, 2.05) is 0 Å². The van der Waals surface area contributed by atoms with Crippen LogP contribution < -0.4 is 5.73 Å². The molecule has 0 spiro atoms. The summed E-state index contributed by atoms with van der Waals surface area (Å²) in [5.74, 6) is -1.42. The summed E-state index contributed by atoms with van der Waals surface area (Å²) in [6.07, 6.45) is 0.279. The summed E-state index contributed by atoms with van der Waals surface area (Å²) in [6.45, 7) is 4.76. The lowest BCUT2D eigenvalue weighted by Gasteiger charge is -2.18. The molecule has 0 fully saturated rings. The highest BCUT2D eigenvalue weighted by molar-refractivity contribution is 5.85. The van der Waals surface area contributed by atoms with Gasteiger partial charge in [0.2, 0.25) is 0 Å². The topological polar surface area (TPSA) is 89.6 Å². The molecule has 0 radical (unpaired) electrons. The average Bonchev–Trinajstić information content (AvgIpc) is 2.03. The van der Waals surface area contributed by atoms with Crippen LogP contribution in [-0.2, 0) is 14.3 Å². The van der Waals surface area contributed by atoms with Gasteiger partial charge in [-0.25, -0.2) is 0 Å². The maximum Gasteiger partial charge on any atom is 0.322 e. The zero-order valence-corrected chi connectivity index (χ0v) is 9.97. The molecular weight excluding hydrogens is 222 g/mol. The summed E-state index contributed by atoms with van der Waals surface area (Å²) < 4.78 is 4.76. The van der Waals surface area contributed by atoms with Gasteiger partial charge in [0.05, 0.1) is 12.0 Å². The Labute approximate surface area is 95.4 Å². The normalized spacial score (nSPS) is 12.5. The van der Waals surface area contributed by atoms with Crippen molar-refractivity contribution in [1.82, 2.24) is 0 Å². The summed E-state index contributed by atoms with van der Waals surface area (Å²) in [5.41, 5.74) is 4.38. The Balaban J connectivity index is 0. The summed E-state index contributed by atoms with van der Waals surface area (Å²) in [7, 11) is 0. The van der Waals surface area contributed by atoms with Crippen LogP contribution in [0.5, 0.6) is 0 Å². The number of halogens is 1. The first-order valence-electron chi connectivity index (χ1n) is 4.43. The van der Waals surface area contributed by atoms with Crippen molar-refractivity contribution < 1.29 is 19.4 Å². The lowest BCUT2D eigenvalue weighted by molar-refractivity contribution is -0.152. The van der Waals surface area contributed by atoms with Crippen LogP contribution in [0, 0.1) is 5.41 Å². The number of esters is 1. The Morgan fingerprint density at radius 3 is 2.27 bits per heavy atom. The highest BCUT2D eigenvalue weighted by Crippen LogP contribution is 2.20. The van der Waals surface area contributed by atoms with E-state index in [2.05, 4.69) is 0 Å². The summed E-state index contributed by atoms with van der Waals surface area (Å²) in [4.78, 5) is 21.6. The minimum atomic E-state index is -0.908. The van der Waals surface area contributed by atoms with Crippen molar-refractivity contribution in [2.24, 2.45) is 11.1 Å². The summed E-state index contributed by atoms with van der Waals surface area (Å²) >= 11 is 0. The molecule has 3 N–H and O–H groups in total. The maximum atomic E-state index is 10.9. The minimum Gasteiger partial charge on any atom is -0.481 e. The van der Waals surface area contributed by atoms with E-state index in [0.29, 0.717) is 0 Å². The minimum absolute atomic E-state index is 0. The third-order valence-electron chi connectivity index (χ3n) is 1.92. The van der Waals surface area contributed by atoms with E-state index in [9.17, 15) is 9.59 Å². The molecule has 5 nitrogen and oxygen atoms in total. The predicted molar refractivity (Wildman–Crippen MR) is 57.9 cm³/mol. The van der Waals surface area contributed by atoms with Gasteiger partial charge in [0.1, 0.15) is 6.04 Å². The van der Waals surface area contributed by atoms with Gasteiger partial charge in [-0.3, -0.25) is 9.59 Å². The molecular formula is C9H18ClNO4. The highest BCUT2D eigenvalue weighted by Gasteiger charge is 2.27. The van der Waals surface area contributed by atoms with Crippen LogP contribution in [0.1, 0.15) is 27.2 Å². The van der Waals surface area contributed by atoms with Gasteiger partial charge in [0, 0.05) is 0 Å². The SMILES string of the molecule is C[C@H](N)C(=O)OCCC(C)(C)C(=O)O.Cl. The fourth-order valence-corrected chi connectivity index (χ4v) is 0.645. The van der Waals surface area contributed by atoms with Crippen molar-refractivity contribution >= 4 is 24.3 Å². The van der Waals surface area contributed by atoms with Gasteiger partial charge in [0.25, 0.3) is 0 Å². The predicted octanol–water partition coefficient (Wildman–Crippen LogP) is 0.799. The number of carboxylic acid groups (broad SMARTS) is 1. The van der Waals surface area contributed by atoms with Crippen LogP contribution in [0.15, 0.2) is 0 Å². The van der Waals surface area contributed by atoms with E-state index in [1.54, 1.807) is 13.8 Å². The lowest BCUT2D eigenvalue weighted by Crippen LogP contribution is -2.31. The number of nitrogens with two attached hydrogens (primary N) is 1. The molecule has 0 aromatic heterocycles. The second kappa shape index (κ2) is 6.63. The van der Waals surface area contributed by atoms with E-state index in [-0.39, 0.29) is 25.4 Å². The molecule has 0 amide bonds. The number of ether oxygens (including phenoxy) is 1. The summed E-state index contributed by atoms with van der Waals surface area (Å²) in [5, 5.41) is 8.75. The number of carboxylic acids is 1. The van der Waals surface area contributed by atoms with Gasteiger partial charge < -0.3 is 15.6 Å². The van der Waals surface area contributed by atoms with E-state index >= 15 is 0 Å². The average molecular weight is 240 g/mol. The van der Waals surface area contributed by atoms with Gasteiger partial charge in [-0.05, 0) is 27.2 Å². The van der Waals surface area contributed by atoms with Crippen LogP contribution in [0.2, 0.25) is 0 Å². The molecule has 0 aromatic rings. The molecule has 0 aromatic carbocycles. The highest BCUT2D eigenvalue weighted by atomic mass is 35.5. The Morgan fingerprint density at radius 1 is 1.47 bits per heavy atom. The third kappa shape index (κ3) is 6.30. The van der Waals surface area contributed by atoms with Gasteiger partial charge in [-0.1, -0.05) is 0 Å². The third-order valence-corrected chi connectivity index (χ3v) is 1.92. The van der Waals surface area contributed by atoms with Crippen molar-refractivity contribution in [3.05, 3.63) is 0 Å². The van der Waals surface area contributed by atoms with E-state index in [0.717, 1.165) is 0 Å². The van der Waals surface area contributed by atoms with E-state index in [4.69, 9.17) is 15.6 Å². The molecule has 90 valence electrons. The number of rotatable bonds is 5. The number of hydrogen-bond donors (Lipinski definition) is 2. The first-order chi connectivity index (χ1) is 6.27. The van der Waals surface area contributed by atoms with Crippen LogP contribution in [-0.4, -0.2) is 29.7 Å². The van der Waals surface area contributed by atoms with Crippen LogP contribution >= 0.6 is 12.4 Å². The van der Waals surface area contributed by atoms with Crippen molar-refractivity contribution in [3.63, 3.8) is 0 Å². The van der Waals surface area contributed by atoms with Gasteiger partial charge >= 0.3 is 11.9 Å². The molecule has 0 aliphatic carbocycles. The fraction of sp³-hybridized carbons (Fsp3) is 0.778. The number of hydrogen-bond acceptors (Lipinski definition) is 4. The second-order valence-corrected chi connectivity index (χ2v) is 3.90. The largest absolute Gasteiger partial charge is 0.481 e. The molecule has 0 aliphatic rings. The Hall–Kier alpha value is -0.810. The van der Waals surface area contributed by atoms with Gasteiger partial charge in [0.15, 0.2) is 0 Å². The van der Waals surface area contributed by atoms with E-state index in [1.165, 1.54) is 6.92 Å². The van der Waals surface area contributed by atoms with Crippen molar-refractivity contribution in [1.29, 1.82) is 0 Å². The van der Waals surface area contributed by atoms with Crippen molar-refractivity contribution in [3.8, 4) is 0 Å². The first-order valence-corrected chi connectivity index (χ1v) is 4.43. The molecule has 6 heteroatoms. The quantitative estimate of drug-likeness (QED) is 0.693. The lowest BCUT2D eigenvalue weighted by atomic mass is 9.90. The zero-order chi connectivity index (χ0) is 11.4. The van der Waals surface area contributed by atoms with Crippen LogP contribution in [0.25, 0.3) is 0 Å². The van der Waals surface area contributed by atoms with Crippen molar-refractivity contribution in [2.45, 2.75) is 33.2 Å². The van der Waals surface area contributed by atoms with Crippen molar-refractivity contribution in [2.75, 3.05) is 6.61 Å². The van der Waals surface area contributed by atoms with Gasteiger partial charge in [-0.15, -0.1) is 12.4 Å². The van der Waals surface area contributed by atoms with Gasteiger partial charge in [-0.2, -0.15) is 0 Å². The Bertz CT molecular complexity index is 228. The maximum absolute atomic E-state index is 10.9. The second-order valence-electron chi connectivity index (χ2n) is 3.90. The number of aliphatic carboxylic acids is 1. The molecule has 0 saturated carbocycles. The number of carbonyl (C=O) groups excluding carboxylic acids is 1. The monoisotopic (exact) mass is 239 g/mol. The first kappa shape index (κ1) is 16.6. The fourth-order valence-electron chi connectivity index (χ4n) is 0.645. The van der Waals surface area contributed by atoms with Crippen LogP contribution in [0.3, 0.4) is 0 Å². The Morgan fingerprint density at radius 2 is 1.93 bits per heavy atom. The molecule has 0 aliphatic heterocycles. The number of carbonyl (C=O) groups is 2. The molecule has 0 heterocycles. The molecule has 0 saturated heterocycles. The zero-order valence-electron chi connectivity index (χ0n) is 9.15.